The predicted molar refractivity (Wildman–Crippen MR) is 97.7 cm³/mol. The van der Waals surface area contributed by atoms with Crippen LogP contribution in [0.5, 0.6) is 0 Å². The Labute approximate surface area is 159 Å². The van der Waals surface area contributed by atoms with E-state index in [1.54, 1.807) is 12.5 Å². The van der Waals surface area contributed by atoms with Gasteiger partial charge in [-0.15, -0.1) is 0 Å². The first kappa shape index (κ1) is 17.2. The largest absolute Gasteiger partial charge is 0.460 e. The molecule has 4 aliphatic rings. The van der Waals surface area contributed by atoms with E-state index in [0.29, 0.717) is 25.5 Å². The third-order valence-corrected chi connectivity index (χ3v) is 7.35. The van der Waals surface area contributed by atoms with Gasteiger partial charge in [0.15, 0.2) is 0 Å². The van der Waals surface area contributed by atoms with E-state index in [1.165, 1.54) is 0 Å². The van der Waals surface area contributed by atoms with Gasteiger partial charge in [-0.3, -0.25) is 14.5 Å². The smallest absolute Gasteiger partial charge is 0.312 e. The Bertz CT molecular complexity index is 714. The molecule has 7 heteroatoms. The van der Waals surface area contributed by atoms with Crippen LogP contribution in [0, 0.1) is 5.41 Å². The molecule has 4 saturated heterocycles. The van der Waals surface area contributed by atoms with E-state index in [-0.39, 0.29) is 17.6 Å². The molecule has 5 rings (SSSR count). The number of imidazole rings is 1. The lowest BCUT2D eigenvalue weighted by Crippen LogP contribution is -2.56. The second kappa shape index (κ2) is 6.33. The third-order valence-electron chi connectivity index (χ3n) is 7.35. The number of fused-ring (bicyclic) bond motifs is 1. The number of cyclic esters (lactones) is 1. The Morgan fingerprint density at radius 3 is 2.56 bits per heavy atom. The fourth-order valence-corrected chi connectivity index (χ4v) is 5.86. The van der Waals surface area contributed by atoms with Gasteiger partial charge < -0.3 is 14.2 Å². The zero-order valence-corrected chi connectivity index (χ0v) is 15.8. The maximum absolute atomic E-state index is 13.3. The molecule has 1 atom stereocenters. The summed E-state index contributed by atoms with van der Waals surface area (Å²) < 4.78 is 7.65. The molecule has 1 unspecified atom stereocenters. The summed E-state index contributed by atoms with van der Waals surface area (Å²) in [6, 6.07) is 0. The molecule has 0 aliphatic carbocycles. The number of nitrogens with zero attached hydrogens (tertiary/aromatic N) is 4. The number of amides is 1. The van der Waals surface area contributed by atoms with Crippen LogP contribution in [0.15, 0.2) is 18.7 Å². The number of esters is 1. The molecule has 5 heterocycles. The highest BCUT2D eigenvalue weighted by Crippen LogP contribution is 2.45. The standard InChI is InChI=1S/C20H28N4O3/c25-17(20-3-1-8-24(20)9-2-4-20)23-10-5-19(6-11-23)13-16(27-18(19)26)14-22-12-7-21-15-22/h7,12,15-16H,1-6,8-11,13-14H2. The van der Waals surface area contributed by atoms with Gasteiger partial charge in [0.05, 0.1) is 18.3 Å². The van der Waals surface area contributed by atoms with Gasteiger partial charge in [0.1, 0.15) is 11.6 Å². The van der Waals surface area contributed by atoms with Gasteiger partial charge in [-0.05, 0) is 51.6 Å². The highest BCUT2D eigenvalue weighted by atomic mass is 16.6. The van der Waals surface area contributed by atoms with E-state index in [1.807, 2.05) is 15.7 Å². The number of rotatable bonds is 3. The van der Waals surface area contributed by atoms with Crippen molar-refractivity contribution < 1.29 is 14.3 Å². The van der Waals surface area contributed by atoms with E-state index in [0.717, 1.165) is 58.0 Å². The molecule has 0 N–H and O–H groups in total. The summed E-state index contributed by atoms with van der Waals surface area (Å²) in [5.74, 6) is 0.245. The quantitative estimate of drug-likeness (QED) is 0.751. The second-order valence-corrected chi connectivity index (χ2v) is 8.79. The van der Waals surface area contributed by atoms with E-state index in [4.69, 9.17) is 4.74 Å². The molecule has 146 valence electrons. The summed E-state index contributed by atoms with van der Waals surface area (Å²) in [6.07, 6.45) is 11.8. The molecule has 0 radical (unpaired) electrons. The topological polar surface area (TPSA) is 67.7 Å². The van der Waals surface area contributed by atoms with Crippen molar-refractivity contribution >= 4 is 11.9 Å². The number of carbonyl (C=O) groups excluding carboxylic acids is 2. The molecule has 4 fully saturated rings. The minimum absolute atomic E-state index is 0.0683. The normalized spacial score (nSPS) is 29.3. The maximum atomic E-state index is 13.3. The average Bonchev–Trinajstić information content (AvgIpc) is 3.41. The van der Waals surface area contributed by atoms with Crippen molar-refractivity contribution in [3.8, 4) is 0 Å². The van der Waals surface area contributed by atoms with Crippen molar-refractivity contribution in [2.24, 2.45) is 5.41 Å². The van der Waals surface area contributed by atoms with E-state index in [9.17, 15) is 9.59 Å². The summed E-state index contributed by atoms with van der Waals surface area (Å²) in [5, 5.41) is 0. The predicted octanol–water partition coefficient (Wildman–Crippen LogP) is 1.44. The number of hydrogen-bond donors (Lipinski definition) is 0. The molecule has 27 heavy (non-hydrogen) atoms. The molecule has 4 aliphatic heterocycles. The van der Waals surface area contributed by atoms with Crippen molar-refractivity contribution in [1.29, 1.82) is 0 Å². The third kappa shape index (κ3) is 2.70. The molecule has 0 saturated carbocycles. The Hall–Kier alpha value is -1.89. The molecule has 0 aromatic carbocycles. The van der Waals surface area contributed by atoms with E-state index >= 15 is 0 Å². The number of carbonyl (C=O) groups is 2. The first-order valence-corrected chi connectivity index (χ1v) is 10.3. The van der Waals surface area contributed by atoms with Gasteiger partial charge in [0.25, 0.3) is 0 Å². The van der Waals surface area contributed by atoms with Crippen LogP contribution >= 0.6 is 0 Å². The zero-order chi connectivity index (χ0) is 18.5. The van der Waals surface area contributed by atoms with Crippen molar-refractivity contribution in [1.82, 2.24) is 19.4 Å². The molecule has 1 spiro atoms. The SMILES string of the molecule is O=C1OC(Cn2ccnc2)CC12CCN(C(=O)C13CCCN1CCC3)CC2. The fourth-order valence-electron chi connectivity index (χ4n) is 5.86. The second-order valence-electron chi connectivity index (χ2n) is 8.79. The molecule has 1 amide bonds. The monoisotopic (exact) mass is 372 g/mol. The van der Waals surface area contributed by atoms with Gasteiger partial charge >= 0.3 is 5.97 Å². The van der Waals surface area contributed by atoms with Crippen LogP contribution < -0.4 is 0 Å². The van der Waals surface area contributed by atoms with Crippen LogP contribution in [0.25, 0.3) is 0 Å². The number of ether oxygens (including phenoxy) is 1. The molecular formula is C20H28N4O3. The molecule has 1 aromatic heterocycles. The van der Waals surface area contributed by atoms with Crippen molar-refractivity contribution in [3.63, 3.8) is 0 Å². The lowest BCUT2D eigenvalue weighted by Gasteiger charge is -2.41. The maximum Gasteiger partial charge on any atom is 0.312 e. The zero-order valence-electron chi connectivity index (χ0n) is 15.8. The summed E-state index contributed by atoms with van der Waals surface area (Å²) in [4.78, 5) is 34.5. The first-order valence-electron chi connectivity index (χ1n) is 10.3. The van der Waals surface area contributed by atoms with Crippen LogP contribution in [-0.4, -0.2) is 69.0 Å². The van der Waals surface area contributed by atoms with Crippen LogP contribution in [-0.2, 0) is 20.9 Å². The van der Waals surface area contributed by atoms with Crippen molar-refractivity contribution in [3.05, 3.63) is 18.7 Å². The van der Waals surface area contributed by atoms with Gasteiger partial charge in [-0.2, -0.15) is 0 Å². The number of likely N-dealkylation sites (tertiary alicyclic amines) is 1. The lowest BCUT2D eigenvalue weighted by atomic mass is 9.75. The molecule has 7 nitrogen and oxygen atoms in total. The van der Waals surface area contributed by atoms with Crippen molar-refractivity contribution in [2.45, 2.75) is 63.1 Å². The van der Waals surface area contributed by atoms with Gasteiger partial charge in [0, 0.05) is 31.9 Å². The Kier molecular flexibility index (Phi) is 4.04. The Morgan fingerprint density at radius 1 is 1.15 bits per heavy atom. The molecule has 0 bridgehead atoms. The van der Waals surface area contributed by atoms with E-state index in [2.05, 4.69) is 9.88 Å². The van der Waals surface area contributed by atoms with Gasteiger partial charge in [-0.1, -0.05) is 0 Å². The number of aromatic nitrogens is 2. The molecule has 1 aromatic rings. The van der Waals surface area contributed by atoms with Gasteiger partial charge in [-0.25, -0.2) is 4.98 Å². The highest BCUT2D eigenvalue weighted by molar-refractivity contribution is 5.88. The van der Waals surface area contributed by atoms with Crippen LogP contribution in [0.2, 0.25) is 0 Å². The number of piperidine rings is 1. The summed E-state index contributed by atoms with van der Waals surface area (Å²) >= 11 is 0. The van der Waals surface area contributed by atoms with Gasteiger partial charge in [0.2, 0.25) is 5.91 Å². The fraction of sp³-hybridized carbons (Fsp3) is 0.750. The lowest BCUT2D eigenvalue weighted by molar-refractivity contribution is -0.154. The van der Waals surface area contributed by atoms with Crippen LogP contribution in [0.1, 0.15) is 44.9 Å². The average molecular weight is 372 g/mol. The van der Waals surface area contributed by atoms with Crippen LogP contribution in [0.3, 0.4) is 0 Å². The summed E-state index contributed by atoms with van der Waals surface area (Å²) in [7, 11) is 0. The summed E-state index contributed by atoms with van der Waals surface area (Å²) in [5.41, 5.74) is -0.630. The van der Waals surface area contributed by atoms with Crippen LogP contribution in [0.4, 0.5) is 0 Å². The van der Waals surface area contributed by atoms with E-state index < -0.39 is 5.41 Å². The summed E-state index contributed by atoms with van der Waals surface area (Å²) in [6.45, 7) is 4.15. The first-order chi connectivity index (χ1) is 13.1. The number of hydrogen-bond acceptors (Lipinski definition) is 5. The highest BCUT2D eigenvalue weighted by Gasteiger charge is 2.55. The molecular weight excluding hydrogens is 344 g/mol. The Morgan fingerprint density at radius 2 is 1.89 bits per heavy atom. The minimum atomic E-state index is -0.398. The minimum Gasteiger partial charge on any atom is -0.460 e. The van der Waals surface area contributed by atoms with Crippen molar-refractivity contribution in [2.75, 3.05) is 26.2 Å². The Balaban J connectivity index is 1.23.